The monoisotopic (exact) mass is 251 g/mol. The molecular formula is C14H18ClNO. The third kappa shape index (κ3) is 3.47. The van der Waals surface area contributed by atoms with Gasteiger partial charge in [-0.15, -0.1) is 11.6 Å². The lowest BCUT2D eigenvalue weighted by atomic mass is 10.1. The van der Waals surface area contributed by atoms with Crippen LogP contribution in [-0.4, -0.2) is 17.3 Å². The van der Waals surface area contributed by atoms with E-state index < -0.39 is 0 Å². The number of hydrogen-bond donors (Lipinski definition) is 1. The molecule has 0 aromatic heterocycles. The van der Waals surface area contributed by atoms with Crippen LogP contribution in [0.4, 0.5) is 0 Å². The molecule has 2 rings (SSSR count). The zero-order valence-electron chi connectivity index (χ0n) is 10.1. The number of carbonyl (C=O) groups is 1. The summed E-state index contributed by atoms with van der Waals surface area (Å²) in [5, 5.41) is 3.03. The molecule has 1 aromatic carbocycles. The predicted molar refractivity (Wildman–Crippen MR) is 70.3 cm³/mol. The molecule has 1 aliphatic carbocycles. The van der Waals surface area contributed by atoms with E-state index in [0.717, 1.165) is 19.3 Å². The second kappa shape index (κ2) is 5.09. The van der Waals surface area contributed by atoms with Crippen LogP contribution in [-0.2, 0) is 11.2 Å². The molecule has 0 spiro atoms. The first kappa shape index (κ1) is 12.4. The van der Waals surface area contributed by atoms with E-state index in [1.807, 2.05) is 6.07 Å². The average Bonchev–Trinajstić information content (AvgIpc) is 3.07. The Hall–Kier alpha value is -1.02. The highest BCUT2D eigenvalue weighted by Gasteiger charge is 2.42. The molecule has 0 unspecified atom stereocenters. The molecule has 0 atom stereocenters. The van der Waals surface area contributed by atoms with E-state index in [1.54, 1.807) is 0 Å². The summed E-state index contributed by atoms with van der Waals surface area (Å²) in [6, 6.07) is 8.29. The molecule has 1 N–H and O–H groups in total. The van der Waals surface area contributed by atoms with Gasteiger partial charge in [-0.05, 0) is 31.7 Å². The topological polar surface area (TPSA) is 29.1 Å². The fourth-order valence-corrected chi connectivity index (χ4v) is 2.26. The van der Waals surface area contributed by atoms with E-state index in [4.69, 9.17) is 11.6 Å². The summed E-state index contributed by atoms with van der Waals surface area (Å²) in [7, 11) is 0. The van der Waals surface area contributed by atoms with Gasteiger partial charge in [0.05, 0.1) is 5.54 Å². The maximum absolute atomic E-state index is 11.7. The van der Waals surface area contributed by atoms with E-state index in [9.17, 15) is 4.79 Å². The lowest BCUT2D eigenvalue weighted by molar-refractivity contribution is -0.121. The van der Waals surface area contributed by atoms with Crippen molar-refractivity contribution in [2.45, 2.75) is 38.1 Å². The van der Waals surface area contributed by atoms with E-state index in [1.165, 1.54) is 11.1 Å². The van der Waals surface area contributed by atoms with Gasteiger partial charge in [-0.1, -0.05) is 29.8 Å². The van der Waals surface area contributed by atoms with E-state index in [0.29, 0.717) is 12.3 Å². The van der Waals surface area contributed by atoms with Gasteiger partial charge in [0.1, 0.15) is 0 Å². The molecule has 0 aliphatic heterocycles. The fourth-order valence-electron chi connectivity index (χ4n) is 1.93. The van der Waals surface area contributed by atoms with E-state index >= 15 is 0 Å². The van der Waals surface area contributed by atoms with Crippen molar-refractivity contribution in [3.8, 4) is 0 Å². The molecule has 0 saturated heterocycles. The minimum absolute atomic E-state index is 0.0781. The van der Waals surface area contributed by atoms with Gasteiger partial charge in [0.15, 0.2) is 0 Å². The van der Waals surface area contributed by atoms with Crippen molar-refractivity contribution in [1.29, 1.82) is 0 Å². The minimum Gasteiger partial charge on any atom is -0.349 e. The Balaban J connectivity index is 1.80. The highest BCUT2D eigenvalue weighted by molar-refractivity contribution is 6.19. The number of alkyl halides is 1. The number of nitrogens with one attached hydrogen (secondary N) is 1. The number of rotatable bonds is 5. The second-order valence-corrected chi connectivity index (χ2v) is 5.22. The van der Waals surface area contributed by atoms with E-state index in [-0.39, 0.29) is 11.4 Å². The van der Waals surface area contributed by atoms with Crippen molar-refractivity contribution >= 4 is 17.5 Å². The third-order valence-corrected chi connectivity index (χ3v) is 3.75. The molecule has 1 fully saturated rings. The SMILES string of the molecule is Cc1cccc(CCC(=O)NC2(CCl)CC2)c1. The van der Waals surface area contributed by atoms with Crippen molar-refractivity contribution in [3.63, 3.8) is 0 Å². The molecule has 1 saturated carbocycles. The molecule has 17 heavy (non-hydrogen) atoms. The Labute approximate surface area is 107 Å². The van der Waals surface area contributed by atoms with Crippen molar-refractivity contribution in [2.75, 3.05) is 5.88 Å². The number of benzene rings is 1. The molecule has 92 valence electrons. The smallest absolute Gasteiger partial charge is 0.220 e. The molecule has 3 heteroatoms. The van der Waals surface area contributed by atoms with Crippen LogP contribution in [0.25, 0.3) is 0 Å². The molecular weight excluding hydrogens is 234 g/mol. The summed E-state index contributed by atoms with van der Waals surface area (Å²) >= 11 is 5.82. The fraction of sp³-hybridized carbons (Fsp3) is 0.500. The first-order valence-corrected chi connectivity index (χ1v) is 6.60. The predicted octanol–water partition coefficient (Wildman–Crippen LogP) is 2.82. The van der Waals surface area contributed by atoms with Gasteiger partial charge in [0.25, 0.3) is 0 Å². The van der Waals surface area contributed by atoms with Crippen LogP contribution in [0, 0.1) is 6.92 Å². The Kier molecular flexibility index (Phi) is 3.72. The third-order valence-electron chi connectivity index (χ3n) is 3.24. The average molecular weight is 252 g/mol. The highest BCUT2D eigenvalue weighted by atomic mass is 35.5. The zero-order chi connectivity index (χ0) is 12.3. The number of carbonyl (C=O) groups excluding carboxylic acids is 1. The summed E-state index contributed by atoms with van der Waals surface area (Å²) in [6.45, 7) is 2.07. The van der Waals surface area contributed by atoms with Crippen molar-refractivity contribution in [1.82, 2.24) is 5.32 Å². The molecule has 2 nitrogen and oxygen atoms in total. The van der Waals surface area contributed by atoms with Crippen LogP contribution in [0.3, 0.4) is 0 Å². The summed E-state index contributed by atoms with van der Waals surface area (Å²) in [5.41, 5.74) is 2.38. The Morgan fingerprint density at radius 3 is 2.82 bits per heavy atom. The maximum Gasteiger partial charge on any atom is 0.220 e. The summed E-state index contributed by atoms with van der Waals surface area (Å²) in [6.07, 6.45) is 3.38. The van der Waals surface area contributed by atoms with Gasteiger partial charge in [-0.2, -0.15) is 0 Å². The van der Waals surface area contributed by atoms with Crippen LogP contribution < -0.4 is 5.32 Å². The quantitative estimate of drug-likeness (QED) is 0.802. The Morgan fingerprint density at radius 1 is 1.47 bits per heavy atom. The number of aryl methyl sites for hydroxylation is 2. The number of hydrogen-bond acceptors (Lipinski definition) is 1. The first-order valence-electron chi connectivity index (χ1n) is 6.06. The van der Waals surface area contributed by atoms with Crippen LogP contribution in [0.5, 0.6) is 0 Å². The molecule has 1 amide bonds. The number of amides is 1. The van der Waals surface area contributed by atoms with Gasteiger partial charge in [0.2, 0.25) is 5.91 Å². The van der Waals surface area contributed by atoms with Crippen molar-refractivity contribution in [3.05, 3.63) is 35.4 Å². The van der Waals surface area contributed by atoms with Crippen LogP contribution in [0.15, 0.2) is 24.3 Å². The summed E-state index contributed by atoms with van der Waals surface area (Å²) in [5.74, 6) is 0.646. The molecule has 1 aliphatic rings. The van der Waals surface area contributed by atoms with Gasteiger partial charge in [-0.3, -0.25) is 4.79 Å². The van der Waals surface area contributed by atoms with Crippen LogP contribution in [0.2, 0.25) is 0 Å². The molecule has 0 radical (unpaired) electrons. The van der Waals surface area contributed by atoms with Crippen LogP contribution in [0.1, 0.15) is 30.4 Å². The molecule has 1 aromatic rings. The Bertz CT molecular complexity index is 412. The normalized spacial score (nSPS) is 16.6. The van der Waals surface area contributed by atoms with E-state index in [2.05, 4.69) is 30.4 Å². The van der Waals surface area contributed by atoms with Gasteiger partial charge >= 0.3 is 0 Å². The largest absolute Gasteiger partial charge is 0.349 e. The van der Waals surface area contributed by atoms with Crippen molar-refractivity contribution < 1.29 is 4.79 Å². The molecule has 0 heterocycles. The lowest BCUT2D eigenvalue weighted by Crippen LogP contribution is -2.38. The van der Waals surface area contributed by atoms with Crippen molar-refractivity contribution in [2.24, 2.45) is 0 Å². The zero-order valence-corrected chi connectivity index (χ0v) is 10.9. The van der Waals surface area contributed by atoms with Gasteiger partial charge in [-0.25, -0.2) is 0 Å². The standard InChI is InChI=1S/C14H18ClNO/c1-11-3-2-4-12(9-11)5-6-13(17)16-14(10-15)7-8-14/h2-4,9H,5-8,10H2,1H3,(H,16,17). The molecule has 0 bridgehead atoms. The van der Waals surface area contributed by atoms with Gasteiger partial charge in [0, 0.05) is 12.3 Å². The second-order valence-electron chi connectivity index (χ2n) is 4.95. The number of halogens is 1. The van der Waals surface area contributed by atoms with Crippen LogP contribution >= 0.6 is 11.6 Å². The highest BCUT2D eigenvalue weighted by Crippen LogP contribution is 2.36. The minimum atomic E-state index is -0.0781. The Morgan fingerprint density at radius 2 is 2.24 bits per heavy atom. The lowest BCUT2D eigenvalue weighted by Gasteiger charge is -2.13. The summed E-state index contributed by atoms with van der Waals surface area (Å²) < 4.78 is 0. The maximum atomic E-state index is 11.7. The first-order chi connectivity index (χ1) is 8.13. The van der Waals surface area contributed by atoms with Gasteiger partial charge < -0.3 is 5.32 Å². The summed E-state index contributed by atoms with van der Waals surface area (Å²) in [4.78, 5) is 11.7.